The molecule has 0 aliphatic heterocycles. The lowest BCUT2D eigenvalue weighted by Gasteiger charge is -2.27. The largest absolute Gasteiger partial charge is 0.334 e. The van der Waals surface area contributed by atoms with Gasteiger partial charge in [-0.05, 0) is 30.9 Å². The number of aromatic nitrogens is 5. The predicted molar refractivity (Wildman–Crippen MR) is 92.3 cm³/mol. The summed E-state index contributed by atoms with van der Waals surface area (Å²) in [6, 6.07) is 5.80. The van der Waals surface area contributed by atoms with Gasteiger partial charge in [0.2, 0.25) is 0 Å². The number of pyridine rings is 1. The molecule has 0 saturated heterocycles. The van der Waals surface area contributed by atoms with Crippen LogP contribution in [0, 0.1) is 0 Å². The van der Waals surface area contributed by atoms with Gasteiger partial charge >= 0.3 is 6.03 Å². The molecule has 4 rings (SSSR count). The molecule has 0 bridgehead atoms. The van der Waals surface area contributed by atoms with Crippen molar-refractivity contribution in [2.24, 2.45) is 0 Å². The monoisotopic (exact) mass is 337 g/mol. The Hall–Kier alpha value is -3.16. The van der Waals surface area contributed by atoms with Crippen LogP contribution < -0.4 is 10.6 Å². The van der Waals surface area contributed by atoms with E-state index in [1.807, 2.05) is 33.6 Å². The van der Waals surface area contributed by atoms with E-state index in [-0.39, 0.29) is 6.03 Å². The first-order chi connectivity index (χ1) is 12.3. The van der Waals surface area contributed by atoms with Crippen LogP contribution in [0.15, 0.2) is 49.3 Å². The van der Waals surface area contributed by atoms with Crippen LogP contribution in [0.1, 0.15) is 30.9 Å². The maximum Gasteiger partial charge on any atom is 0.320 e. The van der Waals surface area contributed by atoms with E-state index in [9.17, 15) is 4.79 Å². The van der Waals surface area contributed by atoms with Crippen molar-refractivity contribution in [3.8, 4) is 5.82 Å². The fourth-order valence-corrected chi connectivity index (χ4v) is 2.75. The van der Waals surface area contributed by atoms with Gasteiger partial charge in [0.25, 0.3) is 0 Å². The van der Waals surface area contributed by atoms with Crippen molar-refractivity contribution >= 4 is 11.8 Å². The summed E-state index contributed by atoms with van der Waals surface area (Å²) < 4.78 is 3.72. The third-order valence-electron chi connectivity index (χ3n) is 4.36. The van der Waals surface area contributed by atoms with E-state index in [1.165, 1.54) is 6.42 Å². The average molecular weight is 337 g/mol. The van der Waals surface area contributed by atoms with Crippen molar-refractivity contribution in [1.82, 2.24) is 29.6 Å². The molecule has 8 nitrogen and oxygen atoms in total. The predicted octanol–water partition coefficient (Wildman–Crippen LogP) is 2.51. The Morgan fingerprint density at radius 2 is 2.16 bits per heavy atom. The molecule has 2 N–H and O–H groups in total. The van der Waals surface area contributed by atoms with Crippen molar-refractivity contribution in [2.45, 2.75) is 31.8 Å². The third kappa shape index (κ3) is 3.37. The average Bonchev–Trinajstić information content (AvgIpc) is 3.25. The van der Waals surface area contributed by atoms with E-state index in [1.54, 1.807) is 24.9 Å². The second-order valence-corrected chi connectivity index (χ2v) is 6.05. The van der Waals surface area contributed by atoms with Gasteiger partial charge in [-0.25, -0.2) is 19.4 Å². The van der Waals surface area contributed by atoms with Crippen LogP contribution in [0.4, 0.5) is 10.6 Å². The minimum absolute atomic E-state index is 0.250. The summed E-state index contributed by atoms with van der Waals surface area (Å²) in [7, 11) is 0. The molecule has 0 unspecified atom stereocenters. The Bertz CT molecular complexity index is 834. The molecule has 128 valence electrons. The van der Waals surface area contributed by atoms with Gasteiger partial charge in [0.1, 0.15) is 18.0 Å². The number of carbonyl (C=O) groups is 1. The first-order valence-electron chi connectivity index (χ1n) is 8.31. The fourth-order valence-electron chi connectivity index (χ4n) is 2.75. The molecule has 0 aromatic carbocycles. The minimum atomic E-state index is -0.250. The van der Waals surface area contributed by atoms with Gasteiger partial charge in [-0.3, -0.25) is 9.88 Å². The number of urea groups is 1. The molecule has 25 heavy (non-hydrogen) atoms. The Kier molecular flexibility index (Phi) is 4.16. The van der Waals surface area contributed by atoms with Crippen LogP contribution in [0.3, 0.4) is 0 Å². The summed E-state index contributed by atoms with van der Waals surface area (Å²) in [6.07, 6.45) is 12.1. The zero-order valence-corrected chi connectivity index (χ0v) is 13.7. The van der Waals surface area contributed by atoms with E-state index in [4.69, 9.17) is 0 Å². The number of carbonyl (C=O) groups excluding carboxylic acids is 1. The molecule has 8 heteroatoms. The third-order valence-corrected chi connectivity index (χ3v) is 4.36. The Morgan fingerprint density at radius 1 is 1.24 bits per heavy atom. The van der Waals surface area contributed by atoms with Gasteiger partial charge in [-0.15, -0.1) is 0 Å². The quantitative estimate of drug-likeness (QED) is 0.748. The molecule has 1 aliphatic rings. The van der Waals surface area contributed by atoms with Crippen molar-refractivity contribution in [3.05, 3.63) is 54.9 Å². The van der Waals surface area contributed by atoms with Crippen LogP contribution in [0.2, 0.25) is 0 Å². The van der Waals surface area contributed by atoms with Crippen LogP contribution in [-0.4, -0.2) is 30.3 Å². The number of hydrogen-bond donors (Lipinski definition) is 2. The first kappa shape index (κ1) is 15.4. The SMILES string of the molecule is O=C(NCc1ccc(-n2ccnc2)nc1)Nc1ccnn1C1CCC1. The molecule has 3 heterocycles. The highest BCUT2D eigenvalue weighted by atomic mass is 16.2. The number of rotatable bonds is 5. The van der Waals surface area contributed by atoms with Crippen molar-refractivity contribution in [1.29, 1.82) is 0 Å². The molecule has 3 aromatic rings. The molecule has 2 amide bonds. The lowest BCUT2D eigenvalue weighted by Crippen LogP contribution is -2.30. The molecule has 0 atom stereocenters. The van der Waals surface area contributed by atoms with E-state index < -0.39 is 0 Å². The number of nitrogens with zero attached hydrogens (tertiary/aromatic N) is 5. The highest BCUT2D eigenvalue weighted by Crippen LogP contribution is 2.33. The lowest BCUT2D eigenvalue weighted by atomic mass is 9.93. The Morgan fingerprint density at radius 3 is 2.84 bits per heavy atom. The topological polar surface area (TPSA) is 89.7 Å². The maximum absolute atomic E-state index is 12.1. The highest BCUT2D eigenvalue weighted by Gasteiger charge is 2.22. The zero-order chi connectivity index (χ0) is 17.1. The zero-order valence-electron chi connectivity index (χ0n) is 13.7. The molecule has 0 spiro atoms. The van der Waals surface area contributed by atoms with Crippen molar-refractivity contribution < 1.29 is 4.79 Å². The van der Waals surface area contributed by atoms with Gasteiger partial charge in [-0.1, -0.05) is 6.07 Å². The summed E-state index contributed by atoms with van der Waals surface area (Å²) in [4.78, 5) is 20.5. The second kappa shape index (κ2) is 6.76. The molecule has 1 aliphatic carbocycles. The Balaban J connectivity index is 1.32. The van der Waals surface area contributed by atoms with E-state index in [2.05, 4.69) is 25.7 Å². The van der Waals surface area contributed by atoms with Gasteiger partial charge in [0, 0.05) is 31.2 Å². The Labute approximate surface area is 144 Å². The molecular weight excluding hydrogens is 318 g/mol. The smallest absolute Gasteiger partial charge is 0.320 e. The van der Waals surface area contributed by atoms with Gasteiger partial charge in [-0.2, -0.15) is 5.10 Å². The molecule has 0 radical (unpaired) electrons. The number of nitrogens with one attached hydrogen (secondary N) is 2. The number of amides is 2. The van der Waals surface area contributed by atoms with Crippen molar-refractivity contribution in [2.75, 3.05) is 5.32 Å². The standard InChI is InChI=1S/C17H19N7O/c25-17(22-16-6-7-21-24(16)14-2-1-3-14)20-11-13-4-5-15(19-10-13)23-9-8-18-12-23/h4-10,12,14H,1-3,11H2,(H2,20,22,25). The van der Waals surface area contributed by atoms with Crippen LogP contribution in [0.5, 0.6) is 0 Å². The second-order valence-electron chi connectivity index (χ2n) is 6.05. The van der Waals surface area contributed by atoms with Crippen LogP contribution in [-0.2, 0) is 6.54 Å². The van der Waals surface area contributed by atoms with E-state index >= 15 is 0 Å². The fraction of sp³-hybridized carbons (Fsp3) is 0.294. The van der Waals surface area contributed by atoms with Crippen LogP contribution in [0.25, 0.3) is 5.82 Å². The summed E-state index contributed by atoms with van der Waals surface area (Å²) >= 11 is 0. The summed E-state index contributed by atoms with van der Waals surface area (Å²) in [5, 5.41) is 10.0. The van der Waals surface area contributed by atoms with E-state index in [0.717, 1.165) is 30.0 Å². The minimum Gasteiger partial charge on any atom is -0.334 e. The maximum atomic E-state index is 12.1. The lowest BCUT2D eigenvalue weighted by molar-refractivity contribution is 0.250. The molecule has 1 saturated carbocycles. The first-order valence-corrected chi connectivity index (χ1v) is 8.31. The van der Waals surface area contributed by atoms with Gasteiger partial charge in [0.15, 0.2) is 0 Å². The van der Waals surface area contributed by atoms with E-state index in [0.29, 0.717) is 12.6 Å². The number of anilines is 1. The van der Waals surface area contributed by atoms with Crippen molar-refractivity contribution in [3.63, 3.8) is 0 Å². The molecule has 3 aromatic heterocycles. The van der Waals surface area contributed by atoms with Gasteiger partial charge < -0.3 is 5.32 Å². The molecule has 1 fully saturated rings. The summed E-state index contributed by atoms with van der Waals surface area (Å²) in [5.41, 5.74) is 0.923. The van der Waals surface area contributed by atoms with Crippen LogP contribution >= 0.6 is 0 Å². The summed E-state index contributed by atoms with van der Waals surface area (Å²) in [6.45, 7) is 0.403. The molecular formula is C17H19N7O. The summed E-state index contributed by atoms with van der Waals surface area (Å²) in [5.74, 6) is 1.52. The number of imidazole rings is 1. The highest BCUT2D eigenvalue weighted by molar-refractivity contribution is 5.88. The normalized spacial score (nSPS) is 14.1. The van der Waals surface area contributed by atoms with Gasteiger partial charge in [0.05, 0.1) is 12.2 Å². The number of hydrogen-bond acceptors (Lipinski definition) is 4.